The lowest BCUT2D eigenvalue weighted by Gasteiger charge is -2.31. The number of carbonyl (C=O) groups is 1. The molecule has 0 saturated carbocycles. The first-order valence-corrected chi connectivity index (χ1v) is 7.72. The molecular formula is C16H21N3O3. The summed E-state index contributed by atoms with van der Waals surface area (Å²) in [4.78, 5) is 28.6. The number of likely N-dealkylation sites (tertiary alicyclic amines) is 1. The number of carbonyl (C=O) groups excluding carboxylic acids is 1. The van der Waals surface area contributed by atoms with E-state index in [1.165, 1.54) is 0 Å². The second-order valence-corrected chi connectivity index (χ2v) is 5.74. The van der Waals surface area contributed by atoms with Crippen LogP contribution < -0.4 is 5.69 Å². The molecule has 6 heteroatoms. The van der Waals surface area contributed by atoms with Crippen molar-refractivity contribution in [3.05, 3.63) is 34.2 Å². The SMILES string of the molecule is CCOC(=O)N1CCC(n2c(=O)[nH]c3cc(C)ccc32)CC1. The van der Waals surface area contributed by atoms with Crippen LogP contribution in [0, 0.1) is 6.92 Å². The Bertz CT molecular complexity index is 739. The third-order valence-corrected chi connectivity index (χ3v) is 4.23. The molecule has 0 atom stereocenters. The van der Waals surface area contributed by atoms with Gasteiger partial charge in [-0.25, -0.2) is 9.59 Å². The van der Waals surface area contributed by atoms with Crippen LogP contribution in [0.1, 0.15) is 31.4 Å². The summed E-state index contributed by atoms with van der Waals surface area (Å²) >= 11 is 0. The van der Waals surface area contributed by atoms with Crippen molar-refractivity contribution in [2.75, 3.05) is 19.7 Å². The third kappa shape index (κ3) is 2.61. The van der Waals surface area contributed by atoms with Gasteiger partial charge in [-0.15, -0.1) is 0 Å². The number of nitrogens with one attached hydrogen (secondary N) is 1. The van der Waals surface area contributed by atoms with Crippen LogP contribution >= 0.6 is 0 Å². The van der Waals surface area contributed by atoms with E-state index in [0.29, 0.717) is 19.7 Å². The molecule has 0 unspecified atom stereocenters. The van der Waals surface area contributed by atoms with E-state index >= 15 is 0 Å². The first-order valence-electron chi connectivity index (χ1n) is 7.72. The van der Waals surface area contributed by atoms with Crippen molar-refractivity contribution in [1.82, 2.24) is 14.5 Å². The van der Waals surface area contributed by atoms with Gasteiger partial charge in [-0.1, -0.05) is 6.07 Å². The Morgan fingerprint density at radius 3 is 2.77 bits per heavy atom. The molecular weight excluding hydrogens is 282 g/mol. The number of rotatable bonds is 2. The highest BCUT2D eigenvalue weighted by molar-refractivity contribution is 5.76. The molecule has 3 rings (SSSR count). The zero-order valence-corrected chi connectivity index (χ0v) is 13.0. The molecule has 0 aliphatic carbocycles. The van der Waals surface area contributed by atoms with Crippen LogP contribution in [-0.2, 0) is 4.74 Å². The van der Waals surface area contributed by atoms with Crippen molar-refractivity contribution in [2.45, 2.75) is 32.7 Å². The molecule has 1 aliphatic rings. The van der Waals surface area contributed by atoms with Gasteiger partial charge in [0.15, 0.2) is 0 Å². The molecule has 6 nitrogen and oxygen atoms in total. The molecule has 1 aliphatic heterocycles. The smallest absolute Gasteiger partial charge is 0.409 e. The summed E-state index contributed by atoms with van der Waals surface area (Å²) in [5.74, 6) is 0. The van der Waals surface area contributed by atoms with E-state index in [4.69, 9.17) is 4.74 Å². The normalized spacial score (nSPS) is 16.2. The summed E-state index contributed by atoms with van der Waals surface area (Å²) in [6.45, 7) is 5.44. The number of nitrogens with zero attached hydrogens (tertiary/aromatic N) is 2. The van der Waals surface area contributed by atoms with Crippen LogP contribution in [0.2, 0.25) is 0 Å². The van der Waals surface area contributed by atoms with Crippen molar-refractivity contribution in [3.8, 4) is 0 Å². The Hall–Kier alpha value is -2.24. The number of H-pyrrole nitrogens is 1. The van der Waals surface area contributed by atoms with Gasteiger partial charge in [-0.3, -0.25) is 4.57 Å². The van der Waals surface area contributed by atoms with Crippen LogP contribution in [0.25, 0.3) is 11.0 Å². The van der Waals surface area contributed by atoms with Crippen molar-refractivity contribution >= 4 is 17.1 Å². The third-order valence-electron chi connectivity index (χ3n) is 4.23. The Balaban J connectivity index is 1.81. The van der Waals surface area contributed by atoms with Gasteiger partial charge in [-0.05, 0) is 44.4 Å². The summed E-state index contributed by atoms with van der Waals surface area (Å²) in [6.07, 6.45) is 1.27. The highest BCUT2D eigenvalue weighted by Gasteiger charge is 2.26. The lowest BCUT2D eigenvalue weighted by molar-refractivity contribution is 0.0928. The van der Waals surface area contributed by atoms with Crippen molar-refractivity contribution in [1.29, 1.82) is 0 Å². The maximum absolute atomic E-state index is 12.3. The standard InChI is InChI=1S/C16H21N3O3/c1-3-22-16(21)18-8-6-12(7-9-18)19-14-5-4-11(2)10-13(14)17-15(19)20/h4-5,10,12H,3,6-9H2,1-2H3,(H,17,20). The molecule has 1 amide bonds. The lowest BCUT2D eigenvalue weighted by Crippen LogP contribution is -2.40. The molecule has 1 N–H and O–H groups in total. The number of piperidine rings is 1. The summed E-state index contributed by atoms with van der Waals surface area (Å²) in [5.41, 5.74) is 2.86. The van der Waals surface area contributed by atoms with Crippen molar-refractivity contribution < 1.29 is 9.53 Å². The van der Waals surface area contributed by atoms with Crippen molar-refractivity contribution in [2.24, 2.45) is 0 Å². The topological polar surface area (TPSA) is 67.3 Å². The van der Waals surface area contributed by atoms with Gasteiger partial charge in [0, 0.05) is 19.1 Å². The zero-order valence-electron chi connectivity index (χ0n) is 13.0. The fraction of sp³-hybridized carbons (Fsp3) is 0.500. The van der Waals surface area contributed by atoms with Gasteiger partial charge in [0.25, 0.3) is 0 Å². The highest BCUT2D eigenvalue weighted by Crippen LogP contribution is 2.25. The number of hydrogen-bond donors (Lipinski definition) is 1. The number of hydrogen-bond acceptors (Lipinski definition) is 3. The van der Waals surface area contributed by atoms with E-state index in [-0.39, 0.29) is 17.8 Å². The Kier molecular flexibility index (Phi) is 3.92. The molecule has 22 heavy (non-hydrogen) atoms. The van der Waals surface area contributed by atoms with Gasteiger partial charge in [-0.2, -0.15) is 0 Å². The molecule has 1 aromatic heterocycles. The predicted octanol–water partition coefficient (Wildman–Crippen LogP) is 2.43. The maximum atomic E-state index is 12.3. The summed E-state index contributed by atoms with van der Waals surface area (Å²) in [7, 11) is 0. The van der Waals surface area contributed by atoms with Crippen LogP contribution in [0.4, 0.5) is 4.79 Å². The van der Waals surface area contributed by atoms with E-state index in [9.17, 15) is 9.59 Å². The molecule has 1 fully saturated rings. The molecule has 1 aromatic carbocycles. The minimum absolute atomic E-state index is 0.0739. The average molecular weight is 303 g/mol. The van der Waals surface area contributed by atoms with E-state index in [1.54, 1.807) is 11.8 Å². The number of benzene rings is 1. The molecule has 2 aromatic rings. The zero-order chi connectivity index (χ0) is 15.7. The number of amides is 1. The molecule has 2 heterocycles. The summed E-state index contributed by atoms with van der Waals surface area (Å²) in [5, 5.41) is 0. The van der Waals surface area contributed by atoms with Crippen LogP contribution in [0.5, 0.6) is 0 Å². The summed E-state index contributed by atoms with van der Waals surface area (Å²) < 4.78 is 6.86. The monoisotopic (exact) mass is 303 g/mol. The number of aromatic amines is 1. The average Bonchev–Trinajstić information content (AvgIpc) is 2.82. The number of ether oxygens (including phenoxy) is 1. The van der Waals surface area contributed by atoms with Gasteiger partial charge < -0.3 is 14.6 Å². The van der Waals surface area contributed by atoms with E-state index in [2.05, 4.69) is 4.98 Å². The van der Waals surface area contributed by atoms with Gasteiger partial charge in [0.1, 0.15) is 0 Å². The fourth-order valence-corrected chi connectivity index (χ4v) is 3.13. The summed E-state index contributed by atoms with van der Waals surface area (Å²) in [6, 6.07) is 6.11. The van der Waals surface area contributed by atoms with E-state index in [1.807, 2.05) is 29.7 Å². The number of aromatic nitrogens is 2. The largest absolute Gasteiger partial charge is 0.450 e. The second kappa shape index (κ2) is 5.87. The lowest BCUT2D eigenvalue weighted by atomic mass is 10.0. The number of aryl methyl sites for hydroxylation is 1. The Morgan fingerprint density at radius 2 is 2.09 bits per heavy atom. The molecule has 0 spiro atoms. The molecule has 0 radical (unpaired) electrons. The maximum Gasteiger partial charge on any atom is 0.409 e. The van der Waals surface area contributed by atoms with E-state index in [0.717, 1.165) is 29.4 Å². The molecule has 1 saturated heterocycles. The van der Waals surface area contributed by atoms with Crippen molar-refractivity contribution in [3.63, 3.8) is 0 Å². The predicted molar refractivity (Wildman–Crippen MR) is 84.2 cm³/mol. The number of imidazole rings is 1. The van der Waals surface area contributed by atoms with Crippen LogP contribution in [0.3, 0.4) is 0 Å². The Morgan fingerprint density at radius 1 is 1.36 bits per heavy atom. The second-order valence-electron chi connectivity index (χ2n) is 5.74. The van der Waals surface area contributed by atoms with Crippen LogP contribution in [0.15, 0.2) is 23.0 Å². The number of fused-ring (bicyclic) bond motifs is 1. The fourth-order valence-electron chi connectivity index (χ4n) is 3.13. The van der Waals surface area contributed by atoms with Crippen LogP contribution in [-0.4, -0.2) is 40.2 Å². The van der Waals surface area contributed by atoms with Gasteiger partial charge in [0.2, 0.25) is 0 Å². The molecule has 118 valence electrons. The minimum atomic E-state index is -0.261. The molecule has 0 bridgehead atoms. The van der Waals surface area contributed by atoms with Gasteiger partial charge >= 0.3 is 11.8 Å². The highest BCUT2D eigenvalue weighted by atomic mass is 16.6. The Labute approximate surface area is 128 Å². The first kappa shape index (κ1) is 14.7. The minimum Gasteiger partial charge on any atom is -0.450 e. The van der Waals surface area contributed by atoms with E-state index < -0.39 is 0 Å². The van der Waals surface area contributed by atoms with Gasteiger partial charge in [0.05, 0.1) is 17.6 Å². The quantitative estimate of drug-likeness (QED) is 0.926. The first-order chi connectivity index (χ1) is 10.6.